The molecule has 182 valence electrons. The van der Waals surface area contributed by atoms with E-state index in [0.29, 0.717) is 13.2 Å². The number of furan rings is 1. The molecule has 0 saturated heterocycles. The van der Waals surface area contributed by atoms with Crippen LogP contribution >= 0.6 is 24.0 Å². The molecule has 0 radical (unpaired) electrons. The number of halogens is 1. The Morgan fingerprint density at radius 3 is 2.68 bits per heavy atom. The summed E-state index contributed by atoms with van der Waals surface area (Å²) in [7, 11) is 3.30. The Kier molecular flexibility index (Phi) is 9.93. The number of hydrogen-bond acceptors (Lipinski definition) is 5. The summed E-state index contributed by atoms with van der Waals surface area (Å²) in [5, 5.41) is 7.09. The van der Waals surface area contributed by atoms with Crippen LogP contribution < -0.4 is 24.8 Å². The second-order valence-corrected chi connectivity index (χ2v) is 7.80. The Morgan fingerprint density at radius 1 is 1.03 bits per heavy atom. The van der Waals surface area contributed by atoms with Crippen molar-refractivity contribution in [3.63, 3.8) is 0 Å². The number of benzene rings is 2. The van der Waals surface area contributed by atoms with Crippen LogP contribution in [0.25, 0.3) is 0 Å². The zero-order chi connectivity index (χ0) is 22.9. The SMILES string of the molecule is COc1ccc(CCNC(=NCCc2ccco2)NC2CCOc3ccccc32)cc1OC.I. The fourth-order valence-corrected chi connectivity index (χ4v) is 3.90. The first kappa shape index (κ1) is 25.7. The molecule has 0 amide bonds. The lowest BCUT2D eigenvalue weighted by Gasteiger charge is -2.28. The van der Waals surface area contributed by atoms with Gasteiger partial charge in [0.05, 0.1) is 33.1 Å². The summed E-state index contributed by atoms with van der Waals surface area (Å²) in [6.07, 6.45) is 4.15. The number of para-hydroxylation sites is 1. The second kappa shape index (κ2) is 13.1. The Balaban J connectivity index is 0.00000324. The average molecular weight is 577 g/mol. The van der Waals surface area contributed by atoms with Crippen molar-refractivity contribution in [2.75, 3.05) is 33.9 Å². The second-order valence-electron chi connectivity index (χ2n) is 7.80. The lowest BCUT2D eigenvalue weighted by molar-refractivity contribution is 0.261. The van der Waals surface area contributed by atoms with Crippen LogP contribution in [0.3, 0.4) is 0 Å². The number of guanidine groups is 1. The lowest BCUT2D eigenvalue weighted by Crippen LogP contribution is -2.42. The summed E-state index contributed by atoms with van der Waals surface area (Å²) in [6, 6.07) is 18.2. The first-order valence-corrected chi connectivity index (χ1v) is 11.3. The molecule has 1 unspecified atom stereocenters. The van der Waals surface area contributed by atoms with E-state index in [4.69, 9.17) is 23.6 Å². The average Bonchev–Trinajstić information content (AvgIpc) is 3.37. The third-order valence-corrected chi connectivity index (χ3v) is 5.63. The van der Waals surface area contributed by atoms with Crippen LogP contribution in [0.15, 0.2) is 70.3 Å². The van der Waals surface area contributed by atoms with Crippen LogP contribution in [0.2, 0.25) is 0 Å². The van der Waals surface area contributed by atoms with Gasteiger partial charge in [-0.1, -0.05) is 24.3 Å². The van der Waals surface area contributed by atoms with Gasteiger partial charge < -0.3 is 29.3 Å². The van der Waals surface area contributed by atoms with Gasteiger partial charge in [-0.25, -0.2) is 0 Å². The zero-order valence-corrected chi connectivity index (χ0v) is 21.9. The standard InChI is InChI=1S/C26H31N3O4.HI/c1-30-24-10-9-19(18-25(24)31-2)11-14-27-26(28-15-12-20-6-5-16-32-20)29-22-13-17-33-23-8-4-3-7-21(22)23;/h3-10,16,18,22H,11-15,17H2,1-2H3,(H2,27,28,29);1H. The van der Waals surface area contributed by atoms with E-state index in [0.717, 1.165) is 65.9 Å². The summed E-state index contributed by atoms with van der Waals surface area (Å²) in [4.78, 5) is 4.81. The van der Waals surface area contributed by atoms with E-state index in [1.54, 1.807) is 20.5 Å². The van der Waals surface area contributed by atoms with Crippen molar-refractivity contribution < 1.29 is 18.6 Å². The van der Waals surface area contributed by atoms with E-state index in [2.05, 4.69) is 22.8 Å². The Labute approximate surface area is 217 Å². The third kappa shape index (κ3) is 6.82. The minimum Gasteiger partial charge on any atom is -0.493 e. The van der Waals surface area contributed by atoms with Crippen molar-refractivity contribution in [3.05, 3.63) is 77.7 Å². The summed E-state index contributed by atoms with van der Waals surface area (Å²) < 4.78 is 22.0. The molecule has 4 rings (SSSR count). The largest absolute Gasteiger partial charge is 0.493 e. The first-order valence-electron chi connectivity index (χ1n) is 11.3. The molecule has 8 heteroatoms. The number of rotatable bonds is 9. The molecule has 0 spiro atoms. The molecule has 3 aromatic rings. The molecule has 2 heterocycles. The number of methoxy groups -OCH3 is 2. The Hall–Kier alpha value is -2.88. The van der Waals surface area contributed by atoms with Gasteiger partial charge in [0, 0.05) is 31.5 Å². The van der Waals surface area contributed by atoms with Crippen LogP contribution in [0.5, 0.6) is 17.2 Å². The molecule has 2 N–H and O–H groups in total. The summed E-state index contributed by atoms with van der Waals surface area (Å²) in [5.74, 6) is 4.11. The van der Waals surface area contributed by atoms with Crippen LogP contribution in [0.4, 0.5) is 0 Å². The maximum Gasteiger partial charge on any atom is 0.191 e. The van der Waals surface area contributed by atoms with Crippen LogP contribution in [0, 0.1) is 0 Å². The Morgan fingerprint density at radius 2 is 1.88 bits per heavy atom. The highest BCUT2D eigenvalue weighted by Gasteiger charge is 2.22. The predicted molar refractivity (Wildman–Crippen MR) is 144 cm³/mol. The van der Waals surface area contributed by atoms with E-state index < -0.39 is 0 Å². The minimum atomic E-state index is 0. The zero-order valence-electron chi connectivity index (χ0n) is 19.6. The van der Waals surface area contributed by atoms with Crippen molar-refractivity contribution in [1.82, 2.24) is 10.6 Å². The number of fused-ring (bicyclic) bond motifs is 1. The number of nitrogens with zero attached hydrogens (tertiary/aromatic N) is 1. The van der Waals surface area contributed by atoms with Crippen molar-refractivity contribution in [2.24, 2.45) is 4.99 Å². The van der Waals surface area contributed by atoms with Gasteiger partial charge in [-0.15, -0.1) is 24.0 Å². The molecule has 0 saturated carbocycles. The van der Waals surface area contributed by atoms with Gasteiger partial charge in [-0.3, -0.25) is 4.99 Å². The maximum absolute atomic E-state index is 5.81. The normalized spacial score (nSPS) is 14.9. The monoisotopic (exact) mass is 577 g/mol. The first-order chi connectivity index (χ1) is 16.3. The molecule has 1 aromatic heterocycles. The smallest absolute Gasteiger partial charge is 0.191 e. The van der Waals surface area contributed by atoms with E-state index in [1.165, 1.54) is 0 Å². The number of nitrogens with one attached hydrogen (secondary N) is 2. The van der Waals surface area contributed by atoms with Gasteiger partial charge in [0.2, 0.25) is 0 Å². The van der Waals surface area contributed by atoms with E-state index in [-0.39, 0.29) is 30.0 Å². The quantitative estimate of drug-likeness (QED) is 0.217. The molecule has 0 fully saturated rings. The molecule has 0 bridgehead atoms. The minimum absolute atomic E-state index is 0. The summed E-state index contributed by atoms with van der Waals surface area (Å²) >= 11 is 0. The van der Waals surface area contributed by atoms with E-state index in [9.17, 15) is 0 Å². The molecule has 1 aliphatic heterocycles. The molecule has 1 aliphatic rings. The van der Waals surface area contributed by atoms with Crippen LogP contribution in [-0.4, -0.2) is 39.9 Å². The highest BCUT2D eigenvalue weighted by Crippen LogP contribution is 2.31. The van der Waals surface area contributed by atoms with E-state index >= 15 is 0 Å². The van der Waals surface area contributed by atoms with Gasteiger partial charge in [0.1, 0.15) is 11.5 Å². The van der Waals surface area contributed by atoms with Gasteiger partial charge in [0.25, 0.3) is 0 Å². The third-order valence-electron chi connectivity index (χ3n) is 5.63. The summed E-state index contributed by atoms with van der Waals surface area (Å²) in [5.41, 5.74) is 2.32. The fourth-order valence-electron chi connectivity index (χ4n) is 3.90. The topological polar surface area (TPSA) is 77.2 Å². The van der Waals surface area contributed by atoms with Gasteiger partial charge in [-0.05, 0) is 42.3 Å². The van der Waals surface area contributed by atoms with Gasteiger partial charge in [-0.2, -0.15) is 0 Å². The van der Waals surface area contributed by atoms with Crippen molar-refractivity contribution in [3.8, 4) is 17.2 Å². The molecule has 0 aliphatic carbocycles. The van der Waals surface area contributed by atoms with Crippen molar-refractivity contribution >= 4 is 29.9 Å². The van der Waals surface area contributed by atoms with Crippen molar-refractivity contribution in [1.29, 1.82) is 0 Å². The molecular weight excluding hydrogens is 545 g/mol. The maximum atomic E-state index is 5.81. The molecule has 34 heavy (non-hydrogen) atoms. The predicted octanol–water partition coefficient (Wildman–Crippen LogP) is 4.76. The Bertz CT molecular complexity index is 1060. The number of hydrogen-bond donors (Lipinski definition) is 2. The highest BCUT2D eigenvalue weighted by molar-refractivity contribution is 14.0. The molecule has 2 aromatic carbocycles. The van der Waals surface area contributed by atoms with Crippen LogP contribution in [-0.2, 0) is 12.8 Å². The molecule has 1 atom stereocenters. The highest BCUT2D eigenvalue weighted by atomic mass is 127. The number of aliphatic imine (C=N–C) groups is 1. The number of ether oxygens (including phenoxy) is 3. The fraction of sp³-hybridized carbons (Fsp3) is 0.346. The summed E-state index contributed by atoms with van der Waals surface area (Å²) in [6.45, 7) is 2.04. The van der Waals surface area contributed by atoms with E-state index in [1.807, 2.05) is 42.5 Å². The molecule has 7 nitrogen and oxygen atoms in total. The molecular formula is C26H32IN3O4. The van der Waals surface area contributed by atoms with Crippen molar-refractivity contribution in [2.45, 2.75) is 25.3 Å². The van der Waals surface area contributed by atoms with Gasteiger partial charge in [0.15, 0.2) is 17.5 Å². The van der Waals surface area contributed by atoms with Gasteiger partial charge >= 0.3 is 0 Å². The van der Waals surface area contributed by atoms with Crippen LogP contribution in [0.1, 0.15) is 29.3 Å². The lowest BCUT2D eigenvalue weighted by atomic mass is 10.0.